The molecule has 0 radical (unpaired) electrons. The van der Waals surface area contributed by atoms with Crippen molar-refractivity contribution >= 4 is 0 Å². The lowest BCUT2D eigenvalue weighted by atomic mass is 9.45. The molecule has 1 nitrogen and oxygen atoms in total. The van der Waals surface area contributed by atoms with Gasteiger partial charge < -0.3 is 5.11 Å². The molecule has 174 valence electrons. The van der Waals surface area contributed by atoms with E-state index >= 15 is 0 Å². The first-order valence-corrected chi connectivity index (χ1v) is 13.3. The Morgan fingerprint density at radius 2 is 1.87 bits per heavy atom. The summed E-state index contributed by atoms with van der Waals surface area (Å²) in [6.45, 7) is 16.8. The van der Waals surface area contributed by atoms with Gasteiger partial charge >= 0.3 is 0 Å². The molecule has 0 heterocycles. The molecule has 0 amide bonds. The van der Waals surface area contributed by atoms with Crippen molar-refractivity contribution in [1.82, 2.24) is 0 Å². The van der Waals surface area contributed by atoms with E-state index in [1.54, 1.807) is 16.7 Å². The second-order valence-electron chi connectivity index (χ2n) is 12.6. The lowest BCUT2D eigenvalue weighted by Gasteiger charge is -2.60. The van der Waals surface area contributed by atoms with Crippen LogP contribution in [0.2, 0.25) is 0 Å². The van der Waals surface area contributed by atoms with Gasteiger partial charge in [0.1, 0.15) is 0 Å². The lowest BCUT2D eigenvalue weighted by molar-refractivity contribution is -0.103. The summed E-state index contributed by atoms with van der Waals surface area (Å²) < 4.78 is 0. The monoisotopic (exact) mass is 424 g/mol. The molecule has 4 aliphatic carbocycles. The molecule has 0 aromatic rings. The predicted octanol–water partition coefficient (Wildman–Crippen LogP) is 8.40. The van der Waals surface area contributed by atoms with E-state index in [2.05, 4.69) is 60.6 Å². The van der Waals surface area contributed by atoms with Crippen LogP contribution in [-0.2, 0) is 0 Å². The molecule has 4 aliphatic rings. The first-order valence-electron chi connectivity index (χ1n) is 13.3. The van der Waals surface area contributed by atoms with Crippen LogP contribution in [0.15, 0.2) is 34.4 Å². The van der Waals surface area contributed by atoms with Gasteiger partial charge in [0, 0.05) is 0 Å². The largest absolute Gasteiger partial charge is 0.393 e. The normalized spacial score (nSPS) is 43.0. The van der Waals surface area contributed by atoms with Gasteiger partial charge in [-0.15, -0.1) is 0 Å². The molecule has 1 saturated carbocycles. The Morgan fingerprint density at radius 3 is 2.55 bits per heavy atom. The van der Waals surface area contributed by atoms with Gasteiger partial charge in [0.2, 0.25) is 0 Å². The highest BCUT2D eigenvalue weighted by molar-refractivity contribution is 5.49. The van der Waals surface area contributed by atoms with E-state index in [0.29, 0.717) is 16.7 Å². The molecule has 1 unspecified atom stereocenters. The van der Waals surface area contributed by atoms with E-state index in [-0.39, 0.29) is 11.5 Å². The molecule has 4 rings (SSSR count). The number of aliphatic hydroxyl groups is 1. The molecule has 0 spiro atoms. The molecule has 0 bridgehead atoms. The molecule has 1 heteroatoms. The average Bonchev–Trinajstić information content (AvgIpc) is 3.08. The van der Waals surface area contributed by atoms with Crippen molar-refractivity contribution in [3.05, 3.63) is 34.4 Å². The van der Waals surface area contributed by atoms with Gasteiger partial charge in [0.25, 0.3) is 0 Å². The molecule has 31 heavy (non-hydrogen) atoms. The fourth-order valence-corrected chi connectivity index (χ4v) is 8.72. The smallest absolute Gasteiger partial charge is 0.0597 e. The highest BCUT2D eigenvalue weighted by atomic mass is 16.3. The maximum atomic E-state index is 10.9. The van der Waals surface area contributed by atoms with Crippen molar-refractivity contribution in [3.63, 3.8) is 0 Å². The third kappa shape index (κ3) is 3.53. The topological polar surface area (TPSA) is 20.2 Å². The molecule has 7 atom stereocenters. The van der Waals surface area contributed by atoms with Crippen molar-refractivity contribution in [2.75, 3.05) is 0 Å². The van der Waals surface area contributed by atoms with Gasteiger partial charge in [-0.3, -0.25) is 0 Å². The molecule has 0 aliphatic heterocycles. The van der Waals surface area contributed by atoms with Gasteiger partial charge in [-0.05, 0) is 123 Å². The quantitative estimate of drug-likeness (QED) is 0.439. The van der Waals surface area contributed by atoms with E-state index in [1.807, 2.05) is 0 Å². The van der Waals surface area contributed by atoms with Crippen LogP contribution in [0.1, 0.15) is 113 Å². The maximum Gasteiger partial charge on any atom is 0.0597 e. The summed E-state index contributed by atoms with van der Waals surface area (Å²) in [5, 5.41) is 10.9. The van der Waals surface area contributed by atoms with Crippen LogP contribution in [0.3, 0.4) is 0 Å². The van der Waals surface area contributed by atoms with Crippen molar-refractivity contribution in [1.29, 1.82) is 0 Å². The van der Waals surface area contributed by atoms with E-state index in [9.17, 15) is 5.11 Å². The number of fused-ring (bicyclic) bond motifs is 4. The SMILES string of the molecule is CC[C@@]1(C)C2CCC3=C(CC[C@@]4(C)C3=CC[C@@H]4[C@H](C)CCC=C(C)C)[C@@]2(C)CC[C@@H]1O. The van der Waals surface area contributed by atoms with Crippen LogP contribution in [0.5, 0.6) is 0 Å². The van der Waals surface area contributed by atoms with Crippen LogP contribution in [0, 0.1) is 34.0 Å². The summed E-state index contributed by atoms with van der Waals surface area (Å²) >= 11 is 0. The number of hydrogen-bond acceptors (Lipinski definition) is 1. The summed E-state index contributed by atoms with van der Waals surface area (Å²) in [6.07, 6.45) is 17.2. The lowest BCUT2D eigenvalue weighted by Crippen LogP contribution is -2.54. The van der Waals surface area contributed by atoms with Crippen LogP contribution < -0.4 is 0 Å². The van der Waals surface area contributed by atoms with Gasteiger partial charge in [-0.1, -0.05) is 57.9 Å². The van der Waals surface area contributed by atoms with Gasteiger partial charge in [0.05, 0.1) is 6.10 Å². The van der Waals surface area contributed by atoms with Crippen LogP contribution in [0.4, 0.5) is 0 Å². The zero-order valence-corrected chi connectivity index (χ0v) is 21.5. The predicted molar refractivity (Wildman–Crippen MR) is 133 cm³/mol. The summed E-state index contributed by atoms with van der Waals surface area (Å²) in [6, 6.07) is 0. The minimum absolute atomic E-state index is 0.0817. The van der Waals surface area contributed by atoms with Crippen molar-refractivity contribution < 1.29 is 5.11 Å². The third-order valence-corrected chi connectivity index (χ3v) is 10.9. The van der Waals surface area contributed by atoms with Crippen molar-refractivity contribution in [2.45, 2.75) is 119 Å². The first kappa shape index (κ1) is 23.3. The van der Waals surface area contributed by atoms with Crippen LogP contribution in [-0.4, -0.2) is 11.2 Å². The fraction of sp³-hybridized carbons (Fsp3) is 0.800. The van der Waals surface area contributed by atoms with E-state index in [1.165, 1.54) is 56.9 Å². The second-order valence-corrected chi connectivity index (χ2v) is 12.6. The summed E-state index contributed by atoms with van der Waals surface area (Å²) in [4.78, 5) is 0. The first-order chi connectivity index (χ1) is 14.6. The van der Waals surface area contributed by atoms with Gasteiger partial charge in [0.15, 0.2) is 0 Å². The van der Waals surface area contributed by atoms with Crippen LogP contribution >= 0.6 is 0 Å². The van der Waals surface area contributed by atoms with E-state index < -0.39 is 0 Å². The highest BCUT2D eigenvalue weighted by Gasteiger charge is 2.58. The summed E-state index contributed by atoms with van der Waals surface area (Å²) in [5.74, 6) is 2.23. The minimum Gasteiger partial charge on any atom is -0.393 e. The van der Waals surface area contributed by atoms with Crippen LogP contribution in [0.25, 0.3) is 0 Å². The number of allylic oxidation sites excluding steroid dienone is 6. The second kappa shape index (κ2) is 8.19. The third-order valence-electron chi connectivity index (χ3n) is 10.9. The Balaban J connectivity index is 1.61. The standard InChI is InChI=1S/C30H48O/c1-8-28(5)26-15-12-22-24-14-13-23(21(4)11-9-10-20(2)3)29(24,6)18-16-25(22)30(26,7)19-17-27(28)31/h10,14,21,23,26-27,31H,8-9,11-13,15-19H2,1-7H3/t21-,23-,26?,27+,28+,29-,30-/m1/s1. The Hall–Kier alpha value is -0.820. The Labute approximate surface area is 192 Å². The number of hydrogen-bond donors (Lipinski definition) is 1. The summed E-state index contributed by atoms with van der Waals surface area (Å²) in [5.41, 5.74) is 7.53. The molecule has 0 aromatic heterocycles. The molecular weight excluding hydrogens is 376 g/mol. The average molecular weight is 425 g/mol. The molecule has 1 fully saturated rings. The van der Waals surface area contributed by atoms with Crippen molar-refractivity contribution in [2.24, 2.45) is 34.0 Å². The van der Waals surface area contributed by atoms with Crippen molar-refractivity contribution in [3.8, 4) is 0 Å². The zero-order chi connectivity index (χ0) is 22.6. The number of rotatable bonds is 5. The molecular formula is C30H48O. The molecule has 1 N–H and O–H groups in total. The van der Waals surface area contributed by atoms with Gasteiger partial charge in [-0.25, -0.2) is 0 Å². The molecule has 0 aromatic carbocycles. The van der Waals surface area contributed by atoms with Gasteiger partial charge in [-0.2, -0.15) is 0 Å². The minimum atomic E-state index is -0.122. The Morgan fingerprint density at radius 1 is 1.13 bits per heavy atom. The van der Waals surface area contributed by atoms with E-state index in [0.717, 1.165) is 24.7 Å². The maximum absolute atomic E-state index is 10.9. The summed E-state index contributed by atoms with van der Waals surface area (Å²) in [7, 11) is 0. The Kier molecular flexibility index (Phi) is 6.17. The Bertz CT molecular complexity index is 795. The van der Waals surface area contributed by atoms with E-state index in [4.69, 9.17) is 0 Å². The highest BCUT2D eigenvalue weighted by Crippen LogP contribution is 2.67. The zero-order valence-electron chi connectivity index (χ0n) is 21.5. The number of aliphatic hydroxyl groups excluding tert-OH is 1. The fourth-order valence-electron chi connectivity index (χ4n) is 8.72. The molecule has 0 saturated heterocycles.